The van der Waals surface area contributed by atoms with Crippen LogP contribution >= 0.6 is 11.6 Å². The number of piperidine rings is 1. The van der Waals surface area contributed by atoms with Crippen LogP contribution in [0, 0.1) is 18.3 Å². The number of benzene rings is 2. The lowest BCUT2D eigenvalue weighted by Gasteiger charge is -2.35. The van der Waals surface area contributed by atoms with Crippen molar-refractivity contribution < 1.29 is 4.79 Å². The number of amides is 1. The van der Waals surface area contributed by atoms with Crippen molar-refractivity contribution in [1.29, 1.82) is 0 Å². The van der Waals surface area contributed by atoms with E-state index in [0.717, 1.165) is 64.7 Å². The number of carbonyl (C=O) groups excluding carboxylic acids is 1. The number of anilines is 1. The zero-order valence-electron chi connectivity index (χ0n) is 27.4. The highest BCUT2D eigenvalue weighted by molar-refractivity contribution is 6.31. The van der Waals surface area contributed by atoms with E-state index in [1.165, 1.54) is 19.3 Å². The maximum Gasteiger partial charge on any atom is 0.231 e. The van der Waals surface area contributed by atoms with Crippen LogP contribution in [0.1, 0.15) is 74.0 Å². The molecule has 0 saturated carbocycles. The zero-order valence-corrected chi connectivity index (χ0v) is 28.1. The van der Waals surface area contributed by atoms with Crippen molar-refractivity contribution in [3.05, 3.63) is 100 Å². The van der Waals surface area contributed by atoms with Crippen molar-refractivity contribution in [2.75, 3.05) is 18.4 Å². The van der Waals surface area contributed by atoms with Crippen molar-refractivity contribution in [3.63, 3.8) is 0 Å². The normalized spacial score (nSPS) is 15.3. The van der Waals surface area contributed by atoms with Gasteiger partial charge >= 0.3 is 0 Å². The lowest BCUT2D eigenvalue weighted by molar-refractivity contribution is -0.124. The Morgan fingerprint density at radius 1 is 1.11 bits per heavy atom. The van der Waals surface area contributed by atoms with Gasteiger partial charge in [-0.3, -0.25) is 14.7 Å². The number of nitrogens with one attached hydrogen (secondary N) is 1. The van der Waals surface area contributed by atoms with E-state index in [2.05, 4.69) is 56.1 Å². The van der Waals surface area contributed by atoms with Crippen LogP contribution in [0.4, 0.5) is 5.69 Å². The van der Waals surface area contributed by atoms with Crippen molar-refractivity contribution in [2.45, 2.75) is 66.0 Å². The third kappa shape index (κ3) is 6.44. The van der Waals surface area contributed by atoms with E-state index < -0.39 is 5.41 Å². The largest absolute Gasteiger partial charge is 0.329 e. The SMILES string of the molecule is CCC1CCN(Cc2nccn2Cc2cc([C@@H](c3ccc4c(nnn4C)c3C)C(C)(C)C(=O)Nc3cccnc3)ccc2Cl)CC1. The van der Waals surface area contributed by atoms with Crippen LogP contribution in [-0.2, 0) is 24.9 Å². The van der Waals surface area contributed by atoms with E-state index in [0.29, 0.717) is 17.3 Å². The number of hydrogen-bond donors (Lipinski definition) is 1. The van der Waals surface area contributed by atoms with Gasteiger partial charge in [0, 0.05) is 36.6 Å². The van der Waals surface area contributed by atoms with Crippen LogP contribution < -0.4 is 5.32 Å². The van der Waals surface area contributed by atoms with Gasteiger partial charge in [0.1, 0.15) is 11.3 Å². The molecule has 46 heavy (non-hydrogen) atoms. The summed E-state index contributed by atoms with van der Waals surface area (Å²) >= 11 is 6.88. The van der Waals surface area contributed by atoms with E-state index in [1.807, 2.05) is 63.6 Å². The molecule has 0 aliphatic carbocycles. The molecule has 0 spiro atoms. The van der Waals surface area contributed by atoms with Gasteiger partial charge in [0.25, 0.3) is 0 Å². The molecule has 10 heteroatoms. The summed E-state index contributed by atoms with van der Waals surface area (Å²) < 4.78 is 3.97. The number of hydrogen-bond acceptors (Lipinski definition) is 6. The molecule has 1 atom stereocenters. The predicted octanol–water partition coefficient (Wildman–Crippen LogP) is 6.99. The molecule has 6 rings (SSSR count). The number of halogens is 1. The van der Waals surface area contributed by atoms with Gasteiger partial charge < -0.3 is 9.88 Å². The number of carbonyl (C=O) groups is 1. The average molecular weight is 639 g/mol. The van der Waals surface area contributed by atoms with E-state index in [9.17, 15) is 4.79 Å². The predicted molar refractivity (Wildman–Crippen MR) is 183 cm³/mol. The number of aryl methyl sites for hydroxylation is 2. The number of fused-ring (bicyclic) bond motifs is 1. The minimum absolute atomic E-state index is 0.107. The van der Waals surface area contributed by atoms with Gasteiger partial charge in [0.2, 0.25) is 5.91 Å². The average Bonchev–Trinajstić information content (AvgIpc) is 3.66. The summed E-state index contributed by atoms with van der Waals surface area (Å²) in [7, 11) is 1.89. The second-order valence-electron chi connectivity index (χ2n) is 13.2. The lowest BCUT2D eigenvalue weighted by atomic mass is 9.69. The molecular weight excluding hydrogens is 596 g/mol. The fourth-order valence-electron chi connectivity index (χ4n) is 6.87. The third-order valence-electron chi connectivity index (χ3n) is 9.81. The summed E-state index contributed by atoms with van der Waals surface area (Å²) in [4.78, 5) is 25.5. The molecule has 9 nitrogen and oxygen atoms in total. The molecular formula is C36H43ClN8O. The molecule has 1 amide bonds. The number of aromatic nitrogens is 6. The van der Waals surface area contributed by atoms with Gasteiger partial charge in [0.05, 0.1) is 35.9 Å². The quantitative estimate of drug-likeness (QED) is 0.177. The molecule has 2 aromatic carbocycles. The molecule has 5 aromatic rings. The van der Waals surface area contributed by atoms with Crippen LogP contribution in [0.3, 0.4) is 0 Å². The summed E-state index contributed by atoms with van der Waals surface area (Å²) in [5.74, 6) is 1.45. The molecule has 1 aliphatic rings. The summed E-state index contributed by atoms with van der Waals surface area (Å²) in [6.45, 7) is 12.0. The highest BCUT2D eigenvalue weighted by Crippen LogP contribution is 2.45. The summed E-state index contributed by atoms with van der Waals surface area (Å²) in [6, 6.07) is 14.0. The monoisotopic (exact) mass is 638 g/mol. The highest BCUT2D eigenvalue weighted by Gasteiger charge is 2.40. The molecule has 1 N–H and O–H groups in total. The Morgan fingerprint density at radius 3 is 2.65 bits per heavy atom. The van der Waals surface area contributed by atoms with Crippen molar-refractivity contribution in [2.24, 2.45) is 18.4 Å². The maximum absolute atomic E-state index is 14.1. The summed E-state index contributed by atoms with van der Waals surface area (Å²) in [5.41, 5.74) is 5.56. The van der Waals surface area contributed by atoms with Crippen LogP contribution in [-0.4, -0.2) is 53.4 Å². The van der Waals surface area contributed by atoms with E-state index in [4.69, 9.17) is 16.6 Å². The Kier molecular flexibility index (Phi) is 9.25. The minimum atomic E-state index is -0.869. The first kappa shape index (κ1) is 31.9. The van der Waals surface area contributed by atoms with Gasteiger partial charge in [-0.25, -0.2) is 9.67 Å². The molecule has 4 heterocycles. The lowest BCUT2D eigenvalue weighted by Crippen LogP contribution is -2.37. The topological polar surface area (TPSA) is 93.8 Å². The van der Waals surface area contributed by atoms with Gasteiger partial charge in [-0.2, -0.15) is 0 Å². The Balaban J connectivity index is 1.36. The number of likely N-dealkylation sites (tertiary alicyclic amines) is 1. The van der Waals surface area contributed by atoms with Crippen molar-refractivity contribution in [1.82, 2.24) is 34.4 Å². The molecule has 240 valence electrons. The number of nitrogens with zero attached hydrogens (tertiary/aromatic N) is 7. The number of rotatable bonds is 10. The Bertz CT molecular complexity index is 1820. The second kappa shape index (κ2) is 13.3. The molecule has 1 aliphatic heterocycles. The van der Waals surface area contributed by atoms with E-state index in [-0.39, 0.29) is 11.8 Å². The Labute approximate surface area is 276 Å². The smallest absolute Gasteiger partial charge is 0.231 e. The van der Waals surface area contributed by atoms with Crippen LogP contribution in [0.25, 0.3) is 11.0 Å². The molecule has 0 bridgehead atoms. The third-order valence-corrected chi connectivity index (χ3v) is 10.2. The van der Waals surface area contributed by atoms with Crippen molar-refractivity contribution >= 4 is 34.2 Å². The standard InChI is InChI=1S/C36H43ClN8O/c1-6-25-13-17-44(18-14-25)23-32-39-16-19-45(32)22-27-20-26(9-11-30(27)37)33(29-10-12-31-34(24(29)2)41-42-43(31)5)36(3,4)35(46)40-28-8-7-15-38-21-28/h7-12,15-16,19-21,25,33H,6,13-14,17-18,22-23H2,1-5H3,(H,40,46)/t33-/m0/s1. The molecule has 1 fully saturated rings. The van der Waals surface area contributed by atoms with Gasteiger partial charge in [-0.05, 0) is 85.3 Å². The van der Waals surface area contributed by atoms with Gasteiger partial charge in [-0.15, -0.1) is 5.10 Å². The fraction of sp³-hybridized carbons (Fsp3) is 0.417. The first-order valence-corrected chi connectivity index (χ1v) is 16.5. The molecule has 3 aromatic heterocycles. The van der Waals surface area contributed by atoms with Crippen LogP contribution in [0.2, 0.25) is 5.02 Å². The molecule has 1 saturated heterocycles. The van der Waals surface area contributed by atoms with Gasteiger partial charge in [0.15, 0.2) is 0 Å². The fourth-order valence-corrected chi connectivity index (χ4v) is 7.05. The van der Waals surface area contributed by atoms with Crippen LogP contribution in [0.15, 0.2) is 67.3 Å². The first-order chi connectivity index (χ1) is 22.2. The molecule has 0 radical (unpaired) electrons. The highest BCUT2D eigenvalue weighted by atomic mass is 35.5. The Hall–Kier alpha value is -4.08. The minimum Gasteiger partial charge on any atom is -0.329 e. The van der Waals surface area contributed by atoms with E-state index >= 15 is 0 Å². The summed E-state index contributed by atoms with van der Waals surface area (Å²) in [6.07, 6.45) is 11.0. The number of pyridine rings is 1. The first-order valence-electron chi connectivity index (χ1n) is 16.2. The second-order valence-corrected chi connectivity index (χ2v) is 13.6. The van der Waals surface area contributed by atoms with E-state index in [1.54, 1.807) is 17.1 Å². The van der Waals surface area contributed by atoms with Gasteiger partial charge in [-0.1, -0.05) is 62.2 Å². The van der Waals surface area contributed by atoms with Crippen molar-refractivity contribution in [3.8, 4) is 0 Å². The number of imidazole rings is 1. The molecule has 0 unspecified atom stereocenters. The zero-order chi connectivity index (χ0) is 32.4. The summed E-state index contributed by atoms with van der Waals surface area (Å²) in [5, 5.41) is 12.5. The van der Waals surface area contributed by atoms with Crippen LogP contribution in [0.5, 0.6) is 0 Å². The maximum atomic E-state index is 14.1. The Morgan fingerprint density at radius 2 is 1.91 bits per heavy atom.